The number of nitrogens with one attached hydrogen (secondary N) is 1. The van der Waals surface area contributed by atoms with Crippen LogP contribution in [0.3, 0.4) is 0 Å². The van der Waals surface area contributed by atoms with Crippen LogP contribution in [-0.2, 0) is 4.74 Å². The van der Waals surface area contributed by atoms with E-state index in [-0.39, 0.29) is 0 Å². The Bertz CT molecular complexity index is 929. The van der Waals surface area contributed by atoms with Gasteiger partial charge in [-0.3, -0.25) is 10.3 Å². The van der Waals surface area contributed by atoms with E-state index in [2.05, 4.69) is 39.1 Å². The van der Waals surface area contributed by atoms with Crippen LogP contribution in [0.5, 0.6) is 0 Å². The largest absolute Gasteiger partial charge is 0.444 e. The Morgan fingerprint density at radius 3 is 2.50 bits per heavy atom. The number of hydrogen-bond donors (Lipinski definition) is 1. The summed E-state index contributed by atoms with van der Waals surface area (Å²) in [6, 6.07) is 3.98. The van der Waals surface area contributed by atoms with Gasteiger partial charge in [0.15, 0.2) is 15.6 Å². The Morgan fingerprint density at radius 2 is 1.88 bits per heavy atom. The second kappa shape index (κ2) is 6.95. The second-order valence-electron chi connectivity index (χ2n) is 7.16. The molecule has 3 rings (SSSR count). The van der Waals surface area contributed by atoms with Gasteiger partial charge in [0, 0.05) is 6.20 Å². The van der Waals surface area contributed by atoms with E-state index in [0.29, 0.717) is 27.2 Å². The van der Waals surface area contributed by atoms with Crippen LogP contribution in [-0.4, -0.2) is 31.6 Å². The second-order valence-corrected chi connectivity index (χ2v) is 8.14. The molecule has 0 aromatic carbocycles. The highest BCUT2D eigenvalue weighted by Gasteiger charge is 2.18. The first kappa shape index (κ1) is 18.2. The zero-order chi connectivity index (χ0) is 18.9. The molecule has 0 aliphatic rings. The van der Waals surface area contributed by atoms with Crippen LogP contribution in [0, 0.1) is 0 Å². The molecule has 0 fully saturated rings. The molecule has 3 heterocycles. The van der Waals surface area contributed by atoms with Crippen molar-refractivity contribution in [3.05, 3.63) is 30.1 Å². The number of aromatic nitrogens is 4. The third-order valence-electron chi connectivity index (χ3n) is 3.45. The number of ether oxygens (including phenoxy) is 1. The van der Waals surface area contributed by atoms with Crippen LogP contribution in [0.4, 0.5) is 9.93 Å². The lowest BCUT2D eigenvalue weighted by Gasteiger charge is -2.18. The first-order valence-electron chi connectivity index (χ1n) is 8.31. The van der Waals surface area contributed by atoms with E-state index in [9.17, 15) is 4.79 Å². The Hall–Kier alpha value is -2.61. The lowest BCUT2D eigenvalue weighted by Crippen LogP contribution is -2.27. The summed E-state index contributed by atoms with van der Waals surface area (Å²) >= 11 is 1.24. The predicted molar refractivity (Wildman–Crippen MR) is 102 cm³/mol. The van der Waals surface area contributed by atoms with E-state index in [0.717, 1.165) is 5.69 Å². The zero-order valence-electron chi connectivity index (χ0n) is 15.4. The van der Waals surface area contributed by atoms with E-state index in [1.807, 2.05) is 18.3 Å². The molecule has 0 saturated heterocycles. The van der Waals surface area contributed by atoms with Crippen molar-refractivity contribution in [2.45, 2.75) is 46.1 Å². The quantitative estimate of drug-likeness (QED) is 0.722. The van der Waals surface area contributed by atoms with Crippen molar-refractivity contribution in [2.24, 2.45) is 0 Å². The summed E-state index contributed by atoms with van der Waals surface area (Å²) in [5.74, 6) is 0.424. The first-order chi connectivity index (χ1) is 12.2. The molecule has 1 amide bonds. The topological polar surface area (TPSA) is 89.9 Å². The Labute approximate surface area is 155 Å². The van der Waals surface area contributed by atoms with Crippen LogP contribution in [0.2, 0.25) is 0 Å². The highest BCUT2D eigenvalue weighted by Crippen LogP contribution is 2.26. The van der Waals surface area contributed by atoms with Gasteiger partial charge in [0.2, 0.25) is 0 Å². The maximum absolute atomic E-state index is 11.9. The van der Waals surface area contributed by atoms with Crippen molar-refractivity contribution in [2.75, 3.05) is 5.32 Å². The van der Waals surface area contributed by atoms with E-state index >= 15 is 0 Å². The summed E-state index contributed by atoms with van der Waals surface area (Å²) in [6.07, 6.45) is 2.94. The SMILES string of the molecule is CC(C)c1ccc(-c2cnc3nc(NC(=O)OC(C)(C)C)sc3n2)nc1. The molecule has 136 valence electrons. The first-order valence-corrected chi connectivity index (χ1v) is 9.13. The molecule has 0 saturated carbocycles. The monoisotopic (exact) mass is 371 g/mol. The fraction of sp³-hybridized carbons (Fsp3) is 0.389. The number of hydrogen-bond acceptors (Lipinski definition) is 7. The Kier molecular flexibility index (Phi) is 4.86. The van der Waals surface area contributed by atoms with Crippen LogP contribution >= 0.6 is 11.3 Å². The standard InChI is InChI=1S/C18H21N5O2S/c1-10(2)11-6-7-12(19-8-11)13-9-20-14-15(21-13)26-16(22-14)23-17(24)25-18(3,4)5/h6-10H,1-5H3,(H,20,22,23,24). The average Bonchev–Trinajstić information content (AvgIpc) is 2.94. The maximum Gasteiger partial charge on any atom is 0.413 e. The van der Waals surface area contributed by atoms with Crippen molar-refractivity contribution in [3.8, 4) is 11.4 Å². The molecule has 26 heavy (non-hydrogen) atoms. The van der Waals surface area contributed by atoms with Crippen LogP contribution in [0.25, 0.3) is 21.9 Å². The van der Waals surface area contributed by atoms with Gasteiger partial charge in [-0.25, -0.2) is 14.8 Å². The molecule has 0 spiro atoms. The van der Waals surface area contributed by atoms with E-state index in [1.165, 1.54) is 16.9 Å². The molecule has 3 aromatic rings. The van der Waals surface area contributed by atoms with Crippen molar-refractivity contribution in [1.82, 2.24) is 19.9 Å². The minimum Gasteiger partial charge on any atom is -0.444 e. The Morgan fingerprint density at radius 1 is 1.12 bits per heavy atom. The third kappa shape index (κ3) is 4.32. The molecule has 7 nitrogen and oxygen atoms in total. The summed E-state index contributed by atoms with van der Waals surface area (Å²) in [7, 11) is 0. The molecule has 0 aliphatic heterocycles. The van der Waals surface area contributed by atoms with Gasteiger partial charge in [0.25, 0.3) is 0 Å². The number of carbonyl (C=O) groups excluding carboxylic acids is 1. The lowest BCUT2D eigenvalue weighted by atomic mass is 10.1. The zero-order valence-corrected chi connectivity index (χ0v) is 16.2. The molecule has 0 aliphatic carbocycles. The number of carbonyl (C=O) groups is 1. The molecule has 1 N–H and O–H groups in total. The van der Waals surface area contributed by atoms with Crippen molar-refractivity contribution in [1.29, 1.82) is 0 Å². The molecule has 3 aromatic heterocycles. The smallest absolute Gasteiger partial charge is 0.413 e. The number of amides is 1. The van der Waals surface area contributed by atoms with Gasteiger partial charge in [-0.2, -0.15) is 4.98 Å². The van der Waals surface area contributed by atoms with Gasteiger partial charge < -0.3 is 4.74 Å². The molecule has 0 bridgehead atoms. The maximum atomic E-state index is 11.9. The fourth-order valence-electron chi connectivity index (χ4n) is 2.19. The number of nitrogens with zero attached hydrogens (tertiary/aromatic N) is 4. The Balaban J connectivity index is 1.82. The van der Waals surface area contributed by atoms with Gasteiger partial charge >= 0.3 is 6.09 Å². The predicted octanol–water partition coefficient (Wildman–Crippen LogP) is 4.62. The molecular formula is C18H21N5O2S. The summed E-state index contributed by atoms with van der Waals surface area (Å²) < 4.78 is 5.23. The van der Waals surface area contributed by atoms with Gasteiger partial charge in [-0.15, -0.1) is 0 Å². The third-order valence-corrected chi connectivity index (χ3v) is 4.30. The summed E-state index contributed by atoms with van der Waals surface area (Å²) in [6.45, 7) is 9.66. The molecule has 8 heteroatoms. The van der Waals surface area contributed by atoms with Gasteiger partial charge in [-0.1, -0.05) is 31.3 Å². The van der Waals surface area contributed by atoms with Crippen LogP contribution < -0.4 is 5.32 Å². The highest BCUT2D eigenvalue weighted by molar-refractivity contribution is 7.21. The van der Waals surface area contributed by atoms with Gasteiger partial charge in [0.1, 0.15) is 11.3 Å². The normalized spacial score (nSPS) is 11.8. The minimum absolute atomic E-state index is 0.398. The molecule has 0 radical (unpaired) electrons. The minimum atomic E-state index is -0.571. The molecular weight excluding hydrogens is 350 g/mol. The number of thiazole rings is 1. The summed E-state index contributed by atoms with van der Waals surface area (Å²) in [5.41, 5.74) is 2.49. The van der Waals surface area contributed by atoms with Gasteiger partial charge in [0.05, 0.1) is 11.9 Å². The number of pyridine rings is 1. The van der Waals surface area contributed by atoms with E-state index < -0.39 is 11.7 Å². The van der Waals surface area contributed by atoms with Crippen molar-refractivity contribution < 1.29 is 9.53 Å². The van der Waals surface area contributed by atoms with Gasteiger partial charge in [-0.05, 0) is 38.3 Å². The van der Waals surface area contributed by atoms with Crippen LogP contribution in [0.1, 0.15) is 46.1 Å². The van der Waals surface area contributed by atoms with E-state index in [1.54, 1.807) is 27.0 Å². The summed E-state index contributed by atoms with van der Waals surface area (Å²) in [4.78, 5) is 30.1. The fourth-order valence-corrected chi connectivity index (χ4v) is 2.97. The van der Waals surface area contributed by atoms with Crippen molar-refractivity contribution >= 4 is 33.0 Å². The number of rotatable bonds is 3. The number of fused-ring (bicyclic) bond motifs is 1. The highest BCUT2D eigenvalue weighted by atomic mass is 32.1. The van der Waals surface area contributed by atoms with E-state index in [4.69, 9.17) is 4.74 Å². The number of anilines is 1. The lowest BCUT2D eigenvalue weighted by molar-refractivity contribution is 0.0636. The summed E-state index contributed by atoms with van der Waals surface area (Å²) in [5, 5.41) is 3.02. The van der Waals surface area contributed by atoms with Crippen molar-refractivity contribution in [3.63, 3.8) is 0 Å². The average molecular weight is 371 g/mol. The molecule has 0 unspecified atom stereocenters. The molecule has 0 atom stereocenters. The van der Waals surface area contributed by atoms with Crippen LogP contribution in [0.15, 0.2) is 24.5 Å².